The third kappa shape index (κ3) is 3.54. The highest BCUT2D eigenvalue weighted by atomic mass is 16.1. The van der Waals surface area contributed by atoms with Crippen LogP contribution in [0.25, 0.3) is 0 Å². The van der Waals surface area contributed by atoms with E-state index in [1.165, 1.54) is 24.1 Å². The molecule has 0 radical (unpaired) electrons. The van der Waals surface area contributed by atoms with Crippen LogP contribution in [0.1, 0.15) is 22.3 Å². The molecule has 0 spiro atoms. The Morgan fingerprint density at radius 3 is 2.72 bits per heavy atom. The van der Waals surface area contributed by atoms with E-state index in [-0.39, 0.29) is 5.91 Å². The van der Waals surface area contributed by atoms with Gasteiger partial charge in [-0.15, -0.1) is 0 Å². The lowest BCUT2D eigenvalue weighted by atomic mass is 9.94. The highest BCUT2D eigenvalue weighted by Crippen LogP contribution is 2.32. The van der Waals surface area contributed by atoms with Crippen molar-refractivity contribution in [3.63, 3.8) is 0 Å². The van der Waals surface area contributed by atoms with Gasteiger partial charge in [-0.25, -0.2) is 0 Å². The minimum atomic E-state index is 0.0193. The summed E-state index contributed by atoms with van der Waals surface area (Å²) < 4.78 is 0. The first-order valence-corrected chi connectivity index (χ1v) is 9.21. The zero-order valence-electron chi connectivity index (χ0n) is 14.5. The van der Waals surface area contributed by atoms with E-state index < -0.39 is 0 Å². The van der Waals surface area contributed by atoms with Crippen molar-refractivity contribution in [3.8, 4) is 0 Å². The molecule has 1 unspecified atom stereocenters. The Hall–Kier alpha value is -2.33. The molecular weight excluding hydrogens is 310 g/mol. The van der Waals surface area contributed by atoms with E-state index in [4.69, 9.17) is 0 Å². The molecule has 4 nitrogen and oxygen atoms in total. The molecule has 1 fully saturated rings. The number of nitrogens with one attached hydrogen (secondary N) is 1. The molecule has 1 amide bonds. The molecule has 2 heterocycles. The van der Waals surface area contributed by atoms with Gasteiger partial charge in [0.1, 0.15) is 0 Å². The fourth-order valence-electron chi connectivity index (χ4n) is 4.03. The van der Waals surface area contributed by atoms with E-state index in [1.54, 1.807) is 0 Å². The van der Waals surface area contributed by atoms with Crippen LogP contribution in [0.2, 0.25) is 0 Å². The van der Waals surface area contributed by atoms with Gasteiger partial charge in [-0.2, -0.15) is 0 Å². The quantitative estimate of drug-likeness (QED) is 0.933. The number of aryl methyl sites for hydroxylation is 1. The summed E-state index contributed by atoms with van der Waals surface area (Å²) in [6.45, 7) is 4.86. The van der Waals surface area contributed by atoms with Crippen molar-refractivity contribution in [2.75, 3.05) is 37.6 Å². The molecule has 2 aromatic rings. The maximum atomic E-state index is 12.1. The van der Waals surface area contributed by atoms with E-state index in [0.29, 0.717) is 12.6 Å². The Balaban J connectivity index is 1.28. The highest BCUT2D eigenvalue weighted by Gasteiger charge is 2.31. The van der Waals surface area contributed by atoms with E-state index in [0.717, 1.165) is 31.7 Å². The van der Waals surface area contributed by atoms with Gasteiger partial charge in [0.25, 0.3) is 5.91 Å². The number of carbonyl (C=O) groups excluding carboxylic acids is 1. The maximum Gasteiger partial charge on any atom is 0.251 e. The largest absolute Gasteiger partial charge is 0.366 e. The number of nitrogens with zero attached hydrogens (tertiary/aromatic N) is 2. The molecule has 4 rings (SSSR count). The van der Waals surface area contributed by atoms with Gasteiger partial charge in [0.2, 0.25) is 0 Å². The van der Waals surface area contributed by atoms with E-state index in [2.05, 4.69) is 39.4 Å². The first-order chi connectivity index (χ1) is 12.3. The number of piperazine rings is 1. The number of fused-ring (bicyclic) bond motifs is 3. The van der Waals surface area contributed by atoms with Gasteiger partial charge in [-0.05, 0) is 36.6 Å². The molecule has 130 valence electrons. The number of hydrogen-bond acceptors (Lipinski definition) is 3. The SMILES string of the molecule is O=C(NCCN1CCN2c3ccccc3CCC2C1)c1ccccc1. The van der Waals surface area contributed by atoms with Crippen LogP contribution in [0.4, 0.5) is 5.69 Å². The second kappa shape index (κ2) is 7.28. The molecule has 0 saturated carbocycles. The zero-order chi connectivity index (χ0) is 17.1. The van der Waals surface area contributed by atoms with Crippen molar-refractivity contribution in [3.05, 3.63) is 65.7 Å². The van der Waals surface area contributed by atoms with Crippen molar-refractivity contribution in [2.24, 2.45) is 0 Å². The molecular formula is C21H25N3O. The number of para-hydroxylation sites is 1. The van der Waals surface area contributed by atoms with Gasteiger partial charge in [0.05, 0.1) is 0 Å². The monoisotopic (exact) mass is 335 g/mol. The molecule has 25 heavy (non-hydrogen) atoms. The maximum absolute atomic E-state index is 12.1. The Kier molecular flexibility index (Phi) is 4.70. The molecule has 1 atom stereocenters. The predicted octanol–water partition coefficient (Wildman–Crippen LogP) is 2.55. The number of carbonyl (C=O) groups is 1. The average molecular weight is 335 g/mol. The molecule has 0 aromatic heterocycles. The first kappa shape index (κ1) is 16.2. The average Bonchev–Trinajstić information content (AvgIpc) is 2.68. The lowest BCUT2D eigenvalue weighted by Crippen LogP contribution is -2.56. The highest BCUT2D eigenvalue weighted by molar-refractivity contribution is 5.94. The Labute approximate surface area is 149 Å². The van der Waals surface area contributed by atoms with Crippen molar-refractivity contribution in [1.82, 2.24) is 10.2 Å². The van der Waals surface area contributed by atoms with Gasteiger partial charge < -0.3 is 10.2 Å². The summed E-state index contributed by atoms with van der Waals surface area (Å²) in [7, 11) is 0. The molecule has 2 aliphatic rings. The van der Waals surface area contributed by atoms with Crippen molar-refractivity contribution >= 4 is 11.6 Å². The first-order valence-electron chi connectivity index (χ1n) is 9.21. The standard InChI is InChI=1S/C21H25N3O/c25-21(18-7-2-1-3-8-18)22-12-13-23-14-15-24-19(16-23)11-10-17-6-4-5-9-20(17)24/h1-9,19H,10-16H2,(H,22,25). The summed E-state index contributed by atoms with van der Waals surface area (Å²) in [5, 5.41) is 3.04. The van der Waals surface area contributed by atoms with Gasteiger partial charge in [0, 0.05) is 50.0 Å². The second-order valence-corrected chi connectivity index (χ2v) is 6.94. The Morgan fingerprint density at radius 2 is 1.84 bits per heavy atom. The van der Waals surface area contributed by atoms with Crippen LogP contribution in [0.5, 0.6) is 0 Å². The van der Waals surface area contributed by atoms with E-state index in [9.17, 15) is 4.79 Å². The molecule has 2 aliphatic heterocycles. The van der Waals surface area contributed by atoms with Crippen molar-refractivity contribution < 1.29 is 4.79 Å². The predicted molar refractivity (Wildman–Crippen MR) is 101 cm³/mol. The fourth-order valence-corrected chi connectivity index (χ4v) is 4.03. The lowest BCUT2D eigenvalue weighted by molar-refractivity contribution is 0.0946. The number of benzene rings is 2. The number of amides is 1. The van der Waals surface area contributed by atoms with Crippen LogP contribution >= 0.6 is 0 Å². The summed E-state index contributed by atoms with van der Waals surface area (Å²) in [6, 6.07) is 18.9. The Morgan fingerprint density at radius 1 is 1.04 bits per heavy atom. The van der Waals surface area contributed by atoms with Gasteiger partial charge >= 0.3 is 0 Å². The minimum absolute atomic E-state index is 0.0193. The van der Waals surface area contributed by atoms with Crippen LogP contribution in [0.3, 0.4) is 0 Å². The topological polar surface area (TPSA) is 35.6 Å². The van der Waals surface area contributed by atoms with Gasteiger partial charge in [0.15, 0.2) is 0 Å². The molecule has 0 aliphatic carbocycles. The van der Waals surface area contributed by atoms with Crippen LogP contribution in [-0.4, -0.2) is 49.6 Å². The molecule has 2 aromatic carbocycles. The number of hydrogen-bond donors (Lipinski definition) is 1. The lowest BCUT2D eigenvalue weighted by Gasteiger charge is -2.46. The van der Waals surface area contributed by atoms with Crippen LogP contribution in [0.15, 0.2) is 54.6 Å². The van der Waals surface area contributed by atoms with E-state index >= 15 is 0 Å². The summed E-state index contributed by atoms with van der Waals surface area (Å²) >= 11 is 0. The van der Waals surface area contributed by atoms with Crippen LogP contribution in [0, 0.1) is 0 Å². The molecule has 4 heteroatoms. The van der Waals surface area contributed by atoms with Gasteiger partial charge in [-0.1, -0.05) is 36.4 Å². The van der Waals surface area contributed by atoms with Crippen molar-refractivity contribution in [2.45, 2.75) is 18.9 Å². The van der Waals surface area contributed by atoms with E-state index in [1.807, 2.05) is 30.3 Å². The van der Waals surface area contributed by atoms with Crippen LogP contribution < -0.4 is 10.2 Å². The summed E-state index contributed by atoms with van der Waals surface area (Å²) in [5.74, 6) is 0.0193. The summed E-state index contributed by atoms with van der Waals surface area (Å²) in [4.78, 5) is 17.2. The second-order valence-electron chi connectivity index (χ2n) is 6.94. The Bertz CT molecular complexity index is 731. The smallest absolute Gasteiger partial charge is 0.251 e. The normalized spacial score (nSPS) is 19.8. The third-order valence-corrected chi connectivity index (χ3v) is 5.36. The summed E-state index contributed by atoms with van der Waals surface area (Å²) in [6.07, 6.45) is 2.40. The van der Waals surface area contributed by atoms with Crippen LogP contribution in [-0.2, 0) is 6.42 Å². The molecule has 1 saturated heterocycles. The number of anilines is 1. The third-order valence-electron chi connectivity index (χ3n) is 5.36. The van der Waals surface area contributed by atoms with Crippen molar-refractivity contribution in [1.29, 1.82) is 0 Å². The van der Waals surface area contributed by atoms with Gasteiger partial charge in [-0.3, -0.25) is 9.69 Å². The molecule has 0 bridgehead atoms. The minimum Gasteiger partial charge on any atom is -0.366 e. The molecule has 1 N–H and O–H groups in total. The fraction of sp³-hybridized carbons (Fsp3) is 0.381. The summed E-state index contributed by atoms with van der Waals surface area (Å²) in [5.41, 5.74) is 3.65. The zero-order valence-corrected chi connectivity index (χ0v) is 14.5. The number of rotatable bonds is 4.